The number of ether oxygens (including phenoxy) is 1. The SMILES string of the molecule is CNC(c1ccsc1C)C1(N2CCOCC2)CCCC1. The molecule has 1 atom stereocenters. The Kier molecular flexibility index (Phi) is 4.46. The van der Waals surface area contributed by atoms with Crippen molar-refractivity contribution in [1.82, 2.24) is 10.2 Å². The molecular formula is C16H26N2OS. The van der Waals surface area contributed by atoms with Crippen molar-refractivity contribution in [1.29, 1.82) is 0 Å². The summed E-state index contributed by atoms with van der Waals surface area (Å²) >= 11 is 1.87. The molecule has 0 aromatic carbocycles. The van der Waals surface area contributed by atoms with Gasteiger partial charge in [-0.25, -0.2) is 0 Å². The number of likely N-dealkylation sites (N-methyl/N-ethyl adjacent to an activating group) is 1. The van der Waals surface area contributed by atoms with Gasteiger partial charge in [-0.2, -0.15) is 0 Å². The molecule has 0 bridgehead atoms. The summed E-state index contributed by atoms with van der Waals surface area (Å²) in [4.78, 5) is 4.17. The molecule has 3 nitrogen and oxygen atoms in total. The molecule has 3 rings (SSSR count). The van der Waals surface area contributed by atoms with Gasteiger partial charge in [-0.05, 0) is 43.8 Å². The number of hydrogen-bond donors (Lipinski definition) is 1. The molecule has 1 aliphatic carbocycles. The molecule has 1 aliphatic heterocycles. The van der Waals surface area contributed by atoms with Crippen molar-refractivity contribution >= 4 is 11.3 Å². The molecule has 0 radical (unpaired) electrons. The number of nitrogens with one attached hydrogen (secondary N) is 1. The zero-order chi connectivity index (χ0) is 14.0. The second-order valence-corrected chi connectivity index (χ2v) is 7.18. The number of rotatable bonds is 4. The van der Waals surface area contributed by atoms with E-state index in [4.69, 9.17) is 4.74 Å². The molecule has 112 valence electrons. The number of morpholine rings is 1. The molecular weight excluding hydrogens is 268 g/mol. The van der Waals surface area contributed by atoms with E-state index in [0.717, 1.165) is 26.3 Å². The van der Waals surface area contributed by atoms with Gasteiger partial charge in [-0.1, -0.05) is 12.8 Å². The number of aryl methyl sites for hydroxylation is 1. The largest absolute Gasteiger partial charge is 0.379 e. The second kappa shape index (κ2) is 6.14. The number of hydrogen-bond acceptors (Lipinski definition) is 4. The normalized spacial score (nSPS) is 24.9. The third-order valence-corrected chi connectivity index (χ3v) is 6.01. The summed E-state index contributed by atoms with van der Waals surface area (Å²) in [5.74, 6) is 0. The first kappa shape index (κ1) is 14.5. The van der Waals surface area contributed by atoms with Crippen LogP contribution in [0.1, 0.15) is 42.2 Å². The fourth-order valence-corrected chi connectivity index (χ4v) is 4.93. The molecule has 1 saturated heterocycles. The molecule has 0 amide bonds. The maximum atomic E-state index is 5.57. The topological polar surface area (TPSA) is 24.5 Å². The molecule has 4 heteroatoms. The van der Waals surface area contributed by atoms with Crippen molar-refractivity contribution in [2.24, 2.45) is 0 Å². The number of nitrogens with zero attached hydrogens (tertiary/aromatic N) is 1. The molecule has 1 aromatic rings. The Balaban J connectivity index is 1.93. The summed E-state index contributed by atoms with van der Waals surface area (Å²) in [6, 6.07) is 2.77. The highest BCUT2D eigenvalue weighted by atomic mass is 32.1. The lowest BCUT2D eigenvalue weighted by Gasteiger charge is -2.48. The van der Waals surface area contributed by atoms with Crippen LogP contribution in [0.25, 0.3) is 0 Å². The monoisotopic (exact) mass is 294 g/mol. The van der Waals surface area contributed by atoms with Crippen LogP contribution in [0.5, 0.6) is 0 Å². The summed E-state index contributed by atoms with van der Waals surface area (Å²) < 4.78 is 5.57. The van der Waals surface area contributed by atoms with Gasteiger partial charge in [0.1, 0.15) is 0 Å². The predicted molar refractivity (Wildman–Crippen MR) is 84.4 cm³/mol. The van der Waals surface area contributed by atoms with Crippen LogP contribution in [0, 0.1) is 6.92 Å². The second-order valence-electron chi connectivity index (χ2n) is 6.06. The van der Waals surface area contributed by atoms with Crippen molar-refractivity contribution in [2.45, 2.75) is 44.2 Å². The molecule has 2 heterocycles. The van der Waals surface area contributed by atoms with Gasteiger partial charge in [0.15, 0.2) is 0 Å². The first-order valence-electron chi connectivity index (χ1n) is 7.82. The average Bonchev–Trinajstić information content (AvgIpc) is 3.12. The van der Waals surface area contributed by atoms with Crippen molar-refractivity contribution in [3.05, 3.63) is 21.9 Å². The fourth-order valence-electron chi connectivity index (χ4n) is 4.19. The lowest BCUT2D eigenvalue weighted by molar-refractivity contribution is -0.0354. The van der Waals surface area contributed by atoms with Gasteiger partial charge in [0.25, 0.3) is 0 Å². The van der Waals surface area contributed by atoms with E-state index in [9.17, 15) is 0 Å². The average molecular weight is 294 g/mol. The lowest BCUT2D eigenvalue weighted by atomic mass is 9.81. The third-order valence-electron chi connectivity index (χ3n) is 5.15. The number of thiophene rings is 1. The van der Waals surface area contributed by atoms with E-state index in [0.29, 0.717) is 11.6 Å². The quantitative estimate of drug-likeness (QED) is 0.924. The van der Waals surface area contributed by atoms with E-state index < -0.39 is 0 Å². The Morgan fingerprint density at radius 1 is 1.30 bits per heavy atom. The minimum atomic E-state index is 0.296. The fraction of sp³-hybridized carbons (Fsp3) is 0.750. The standard InChI is InChI=1S/C16H26N2OS/c1-13-14(5-12-20-13)15(17-2)16(6-3-4-7-16)18-8-10-19-11-9-18/h5,12,15,17H,3-4,6-11H2,1-2H3. The van der Waals surface area contributed by atoms with Gasteiger partial charge in [0, 0.05) is 23.5 Å². The Bertz CT molecular complexity index is 433. The highest BCUT2D eigenvalue weighted by molar-refractivity contribution is 7.10. The van der Waals surface area contributed by atoms with E-state index in [1.54, 1.807) is 0 Å². The van der Waals surface area contributed by atoms with Gasteiger partial charge in [-0.15, -0.1) is 11.3 Å². The summed E-state index contributed by atoms with van der Waals surface area (Å²) in [6.07, 6.45) is 5.35. The molecule has 1 saturated carbocycles. The van der Waals surface area contributed by atoms with Gasteiger partial charge < -0.3 is 10.1 Å². The van der Waals surface area contributed by atoms with Crippen LogP contribution in [0.3, 0.4) is 0 Å². The molecule has 0 spiro atoms. The van der Waals surface area contributed by atoms with Crippen molar-refractivity contribution < 1.29 is 4.74 Å². The minimum absolute atomic E-state index is 0.296. The van der Waals surface area contributed by atoms with E-state index in [-0.39, 0.29) is 0 Å². The zero-order valence-electron chi connectivity index (χ0n) is 12.7. The van der Waals surface area contributed by atoms with Crippen LogP contribution in [0.15, 0.2) is 11.4 Å². The van der Waals surface area contributed by atoms with Gasteiger partial charge in [-0.3, -0.25) is 4.90 Å². The Labute approximate surface area is 126 Å². The molecule has 1 N–H and O–H groups in total. The van der Waals surface area contributed by atoms with E-state index in [2.05, 4.69) is 35.6 Å². The summed E-state index contributed by atoms with van der Waals surface area (Å²) in [5.41, 5.74) is 1.80. The van der Waals surface area contributed by atoms with E-state index in [1.807, 2.05) is 11.3 Å². The molecule has 1 unspecified atom stereocenters. The Hall–Kier alpha value is -0.420. The third kappa shape index (κ3) is 2.43. The maximum Gasteiger partial charge on any atom is 0.0594 e. The van der Waals surface area contributed by atoms with Crippen molar-refractivity contribution in [3.63, 3.8) is 0 Å². The Morgan fingerprint density at radius 2 is 2.00 bits per heavy atom. The van der Waals surface area contributed by atoms with Crippen LogP contribution in [-0.2, 0) is 4.74 Å². The van der Waals surface area contributed by atoms with E-state index >= 15 is 0 Å². The molecule has 1 aromatic heterocycles. The zero-order valence-corrected chi connectivity index (χ0v) is 13.5. The highest BCUT2D eigenvalue weighted by Crippen LogP contribution is 2.46. The summed E-state index contributed by atoms with van der Waals surface area (Å²) in [5, 5.41) is 5.88. The lowest BCUT2D eigenvalue weighted by Crippen LogP contribution is -2.57. The molecule has 2 aliphatic rings. The van der Waals surface area contributed by atoms with Crippen molar-refractivity contribution in [2.75, 3.05) is 33.4 Å². The summed E-state index contributed by atoms with van der Waals surface area (Å²) in [7, 11) is 2.13. The predicted octanol–water partition coefficient (Wildman–Crippen LogP) is 2.96. The highest BCUT2D eigenvalue weighted by Gasteiger charge is 2.46. The molecule has 2 fully saturated rings. The molecule has 20 heavy (non-hydrogen) atoms. The van der Waals surface area contributed by atoms with Crippen LogP contribution in [-0.4, -0.2) is 43.8 Å². The minimum Gasteiger partial charge on any atom is -0.379 e. The van der Waals surface area contributed by atoms with Crippen molar-refractivity contribution in [3.8, 4) is 0 Å². The van der Waals surface area contributed by atoms with Crippen LogP contribution < -0.4 is 5.32 Å². The van der Waals surface area contributed by atoms with Crippen LogP contribution in [0.2, 0.25) is 0 Å². The summed E-state index contributed by atoms with van der Waals surface area (Å²) in [6.45, 7) is 6.21. The van der Waals surface area contributed by atoms with Gasteiger partial charge in [0.05, 0.1) is 19.3 Å². The van der Waals surface area contributed by atoms with Crippen LogP contribution in [0.4, 0.5) is 0 Å². The maximum absolute atomic E-state index is 5.57. The van der Waals surface area contributed by atoms with Gasteiger partial charge >= 0.3 is 0 Å². The van der Waals surface area contributed by atoms with Gasteiger partial charge in [0.2, 0.25) is 0 Å². The first-order valence-corrected chi connectivity index (χ1v) is 8.70. The smallest absolute Gasteiger partial charge is 0.0594 e. The first-order chi connectivity index (χ1) is 9.78. The van der Waals surface area contributed by atoms with Crippen LogP contribution >= 0.6 is 11.3 Å². The Morgan fingerprint density at radius 3 is 2.55 bits per heavy atom. The van der Waals surface area contributed by atoms with E-state index in [1.165, 1.54) is 36.1 Å².